The molecule has 148 valence electrons. The van der Waals surface area contributed by atoms with Crippen LogP contribution >= 0.6 is 23.7 Å². The zero-order chi connectivity index (χ0) is 18.6. The number of nitrogens with one attached hydrogen (secondary N) is 1. The molecule has 1 atom stereocenters. The molecule has 1 aliphatic heterocycles. The summed E-state index contributed by atoms with van der Waals surface area (Å²) < 4.78 is 27.6. The third-order valence-electron chi connectivity index (χ3n) is 4.55. The van der Waals surface area contributed by atoms with Crippen molar-refractivity contribution >= 4 is 39.7 Å². The van der Waals surface area contributed by atoms with Gasteiger partial charge in [-0.3, -0.25) is 4.79 Å². The Morgan fingerprint density at radius 1 is 1.19 bits per heavy atom. The van der Waals surface area contributed by atoms with Crippen molar-refractivity contribution in [1.29, 1.82) is 0 Å². The molecule has 3 rings (SSSR count). The van der Waals surface area contributed by atoms with Gasteiger partial charge in [0.1, 0.15) is 4.21 Å². The Hall–Kier alpha value is -1.45. The number of halogens is 1. The standard InChI is InChI=1S/C18H23N3O3S2.ClH/c19-16(14-5-2-1-3-6-14)13-17(22)21-10-8-15(9-11-21)20-26(23,24)18-7-4-12-25-18;/h1-7,12,15-16,20H,8-11,13,19H2;1H. The van der Waals surface area contributed by atoms with E-state index in [0.29, 0.717) is 30.1 Å². The first-order valence-electron chi connectivity index (χ1n) is 8.60. The van der Waals surface area contributed by atoms with Crippen molar-refractivity contribution in [3.8, 4) is 0 Å². The van der Waals surface area contributed by atoms with Crippen molar-refractivity contribution in [3.63, 3.8) is 0 Å². The lowest BCUT2D eigenvalue weighted by molar-refractivity contribution is -0.132. The minimum Gasteiger partial charge on any atom is -0.343 e. The monoisotopic (exact) mass is 429 g/mol. The fourth-order valence-corrected chi connectivity index (χ4v) is 5.39. The first-order valence-corrected chi connectivity index (χ1v) is 11.0. The number of rotatable bonds is 6. The van der Waals surface area contributed by atoms with Crippen LogP contribution in [0, 0.1) is 0 Å². The van der Waals surface area contributed by atoms with Crippen LogP contribution in [0.15, 0.2) is 52.1 Å². The second kappa shape index (κ2) is 9.66. The van der Waals surface area contributed by atoms with Gasteiger partial charge >= 0.3 is 0 Å². The topological polar surface area (TPSA) is 92.5 Å². The maximum absolute atomic E-state index is 12.5. The number of hydrogen-bond donors (Lipinski definition) is 2. The predicted octanol–water partition coefficient (Wildman–Crippen LogP) is 2.53. The van der Waals surface area contributed by atoms with Crippen LogP contribution in [0.25, 0.3) is 0 Å². The molecular weight excluding hydrogens is 406 g/mol. The van der Waals surface area contributed by atoms with Gasteiger partial charge in [0.2, 0.25) is 15.9 Å². The largest absolute Gasteiger partial charge is 0.343 e. The molecule has 2 heterocycles. The summed E-state index contributed by atoms with van der Waals surface area (Å²) in [6.45, 7) is 1.08. The lowest BCUT2D eigenvalue weighted by Gasteiger charge is -2.32. The van der Waals surface area contributed by atoms with Crippen LogP contribution in [-0.2, 0) is 14.8 Å². The molecule has 27 heavy (non-hydrogen) atoms. The van der Waals surface area contributed by atoms with E-state index in [1.807, 2.05) is 30.3 Å². The molecule has 1 fully saturated rings. The molecule has 1 aromatic heterocycles. The minimum absolute atomic E-state index is 0. The fourth-order valence-electron chi connectivity index (χ4n) is 3.08. The molecule has 1 aliphatic rings. The van der Waals surface area contributed by atoms with Gasteiger partial charge in [0.25, 0.3) is 0 Å². The van der Waals surface area contributed by atoms with Gasteiger partial charge in [-0.05, 0) is 29.9 Å². The van der Waals surface area contributed by atoms with Crippen LogP contribution in [0.1, 0.15) is 30.9 Å². The Kier molecular flexibility index (Phi) is 7.81. The molecule has 1 saturated heterocycles. The lowest BCUT2D eigenvalue weighted by Crippen LogP contribution is -2.46. The molecule has 1 aromatic carbocycles. The summed E-state index contributed by atoms with van der Waals surface area (Å²) in [6, 6.07) is 12.4. The number of nitrogens with two attached hydrogens (primary N) is 1. The highest BCUT2D eigenvalue weighted by Crippen LogP contribution is 2.20. The van der Waals surface area contributed by atoms with Gasteiger partial charge in [-0.2, -0.15) is 0 Å². The molecule has 0 spiro atoms. The highest BCUT2D eigenvalue weighted by atomic mass is 35.5. The number of amides is 1. The summed E-state index contributed by atoms with van der Waals surface area (Å²) in [5.74, 6) is 0.0147. The smallest absolute Gasteiger partial charge is 0.250 e. The summed E-state index contributed by atoms with van der Waals surface area (Å²) in [6.07, 6.45) is 1.48. The van der Waals surface area contributed by atoms with Gasteiger partial charge in [0, 0.05) is 31.6 Å². The van der Waals surface area contributed by atoms with Gasteiger partial charge in [-0.15, -0.1) is 23.7 Å². The molecule has 9 heteroatoms. The molecule has 1 unspecified atom stereocenters. The lowest BCUT2D eigenvalue weighted by atomic mass is 10.0. The van der Waals surface area contributed by atoms with E-state index in [9.17, 15) is 13.2 Å². The number of likely N-dealkylation sites (tertiary alicyclic amines) is 1. The SMILES string of the molecule is Cl.NC(CC(=O)N1CCC(NS(=O)(=O)c2cccs2)CC1)c1ccccc1. The fraction of sp³-hybridized carbons (Fsp3) is 0.389. The molecule has 6 nitrogen and oxygen atoms in total. The molecule has 0 saturated carbocycles. The van der Waals surface area contributed by atoms with Crippen LogP contribution in [0.4, 0.5) is 0 Å². The van der Waals surface area contributed by atoms with Crippen molar-refractivity contribution < 1.29 is 13.2 Å². The van der Waals surface area contributed by atoms with Crippen molar-refractivity contribution in [2.75, 3.05) is 13.1 Å². The first kappa shape index (κ1) is 21.8. The maximum atomic E-state index is 12.5. The quantitative estimate of drug-likeness (QED) is 0.737. The second-order valence-electron chi connectivity index (χ2n) is 6.43. The highest BCUT2D eigenvalue weighted by molar-refractivity contribution is 7.91. The third kappa shape index (κ3) is 5.76. The van der Waals surface area contributed by atoms with E-state index >= 15 is 0 Å². The van der Waals surface area contributed by atoms with E-state index in [1.54, 1.807) is 22.4 Å². The molecule has 1 amide bonds. The van der Waals surface area contributed by atoms with Crippen LogP contribution in [0.5, 0.6) is 0 Å². The van der Waals surface area contributed by atoms with Gasteiger partial charge in [0.05, 0.1) is 0 Å². The van der Waals surface area contributed by atoms with E-state index < -0.39 is 10.0 Å². The highest BCUT2D eigenvalue weighted by Gasteiger charge is 2.27. The van der Waals surface area contributed by atoms with E-state index in [4.69, 9.17) is 5.73 Å². The third-order valence-corrected chi connectivity index (χ3v) is 7.47. The number of hydrogen-bond acceptors (Lipinski definition) is 5. The van der Waals surface area contributed by atoms with E-state index in [-0.39, 0.29) is 36.8 Å². The number of carbonyl (C=O) groups excluding carboxylic acids is 1. The van der Waals surface area contributed by atoms with Crippen LogP contribution in [0.2, 0.25) is 0 Å². The number of nitrogens with zero attached hydrogens (tertiary/aromatic N) is 1. The first-order chi connectivity index (χ1) is 12.5. The molecule has 0 bridgehead atoms. The Labute approximate surface area is 170 Å². The maximum Gasteiger partial charge on any atom is 0.250 e. The van der Waals surface area contributed by atoms with Gasteiger partial charge in [0.15, 0.2) is 0 Å². The normalized spacial score (nSPS) is 16.6. The molecule has 0 aliphatic carbocycles. The predicted molar refractivity (Wildman–Crippen MR) is 109 cm³/mol. The van der Waals surface area contributed by atoms with Crippen LogP contribution in [0.3, 0.4) is 0 Å². The van der Waals surface area contributed by atoms with Gasteiger partial charge in [-0.1, -0.05) is 36.4 Å². The zero-order valence-corrected chi connectivity index (χ0v) is 17.2. The Morgan fingerprint density at radius 3 is 2.44 bits per heavy atom. The van der Waals surface area contributed by atoms with E-state index in [2.05, 4.69) is 4.72 Å². The van der Waals surface area contributed by atoms with E-state index in [1.165, 1.54) is 11.3 Å². The van der Waals surface area contributed by atoms with Crippen LogP contribution in [-0.4, -0.2) is 38.4 Å². The molecule has 0 radical (unpaired) electrons. The molecule has 3 N–H and O–H groups in total. The zero-order valence-electron chi connectivity index (χ0n) is 14.8. The number of thiophene rings is 1. The molecular formula is C18H24ClN3O3S2. The number of piperidine rings is 1. The summed E-state index contributed by atoms with van der Waals surface area (Å²) in [5.41, 5.74) is 7.07. The average molecular weight is 430 g/mol. The van der Waals surface area contributed by atoms with Crippen molar-refractivity contribution in [2.45, 2.75) is 35.6 Å². The summed E-state index contributed by atoms with van der Waals surface area (Å²) >= 11 is 1.20. The summed E-state index contributed by atoms with van der Waals surface area (Å²) in [4.78, 5) is 14.2. The number of sulfonamides is 1. The Balaban J connectivity index is 0.00000261. The minimum atomic E-state index is -3.46. The van der Waals surface area contributed by atoms with Crippen molar-refractivity contribution in [3.05, 3.63) is 53.4 Å². The van der Waals surface area contributed by atoms with E-state index in [0.717, 1.165) is 5.56 Å². The summed E-state index contributed by atoms with van der Waals surface area (Å²) in [5, 5.41) is 1.74. The average Bonchev–Trinajstić information content (AvgIpc) is 3.18. The Bertz CT molecular complexity index is 821. The Morgan fingerprint density at radius 2 is 1.85 bits per heavy atom. The van der Waals surface area contributed by atoms with Gasteiger partial charge < -0.3 is 10.6 Å². The number of benzene rings is 1. The van der Waals surface area contributed by atoms with Crippen LogP contribution < -0.4 is 10.5 Å². The van der Waals surface area contributed by atoms with Crippen molar-refractivity contribution in [2.24, 2.45) is 5.73 Å². The number of carbonyl (C=O) groups is 1. The molecule has 2 aromatic rings. The van der Waals surface area contributed by atoms with Gasteiger partial charge in [-0.25, -0.2) is 13.1 Å². The second-order valence-corrected chi connectivity index (χ2v) is 9.32. The van der Waals surface area contributed by atoms with Crippen molar-refractivity contribution in [1.82, 2.24) is 9.62 Å². The summed E-state index contributed by atoms with van der Waals surface area (Å²) in [7, 11) is -3.46.